The molecular formula is C21H26IO3P. The molecule has 0 aliphatic heterocycles. The minimum atomic E-state index is -0.240. The topological polar surface area (TPSA) is 46.5 Å². The van der Waals surface area contributed by atoms with Gasteiger partial charge in [0.25, 0.3) is 0 Å². The summed E-state index contributed by atoms with van der Waals surface area (Å²) in [6.07, 6.45) is 3.70. The lowest BCUT2D eigenvalue weighted by Crippen LogP contribution is -2.49. The van der Waals surface area contributed by atoms with Crippen molar-refractivity contribution < 1.29 is 14.4 Å². The van der Waals surface area contributed by atoms with Gasteiger partial charge < -0.3 is 9.63 Å². The van der Waals surface area contributed by atoms with Gasteiger partial charge in [-0.3, -0.25) is 4.79 Å². The molecule has 3 aliphatic rings. The number of aliphatic hydroxyl groups is 1. The average Bonchev–Trinajstić information content (AvgIpc) is 2.91. The van der Waals surface area contributed by atoms with Crippen LogP contribution in [0.5, 0.6) is 5.75 Å². The first-order valence-corrected chi connectivity index (χ1v) is 13.4. The summed E-state index contributed by atoms with van der Waals surface area (Å²) in [5.74, 6) is 1.87. The van der Waals surface area contributed by atoms with E-state index in [-0.39, 0.29) is 29.1 Å². The molecular weight excluding hydrogens is 458 g/mol. The summed E-state index contributed by atoms with van der Waals surface area (Å²) in [6.45, 7) is 8.76. The lowest BCUT2D eigenvalue weighted by molar-refractivity contribution is -0.0298. The van der Waals surface area contributed by atoms with Crippen LogP contribution in [0.1, 0.15) is 61.4 Å². The Balaban J connectivity index is 1.82. The van der Waals surface area contributed by atoms with E-state index in [0.29, 0.717) is 18.3 Å². The number of carbonyl (C=O) groups is 1. The second-order valence-corrected chi connectivity index (χ2v) is 10.2. The largest absolute Gasteiger partial charge is 0.467 e. The van der Waals surface area contributed by atoms with Crippen LogP contribution < -0.4 is 4.52 Å². The Labute approximate surface area is 170 Å². The van der Waals surface area contributed by atoms with E-state index in [1.54, 1.807) is 0 Å². The van der Waals surface area contributed by atoms with Gasteiger partial charge in [-0.25, -0.2) is 0 Å². The van der Waals surface area contributed by atoms with Gasteiger partial charge in [0.15, 0.2) is 5.78 Å². The fourth-order valence-electron chi connectivity index (χ4n) is 6.07. The monoisotopic (exact) mass is 484 g/mol. The van der Waals surface area contributed by atoms with Crippen molar-refractivity contribution in [1.82, 2.24) is 0 Å². The molecule has 140 valence electrons. The summed E-state index contributed by atoms with van der Waals surface area (Å²) in [5.41, 5.74) is 2.92. The van der Waals surface area contributed by atoms with E-state index in [1.165, 1.54) is 5.56 Å². The lowest BCUT2D eigenvalue weighted by Gasteiger charge is -2.52. The van der Waals surface area contributed by atoms with Gasteiger partial charge in [-0.2, -0.15) is 0 Å². The first kappa shape index (κ1) is 18.9. The summed E-state index contributed by atoms with van der Waals surface area (Å²) in [4.78, 5) is 13.5. The molecule has 0 heterocycles. The zero-order valence-corrected chi connectivity index (χ0v) is 18.5. The van der Waals surface area contributed by atoms with Crippen LogP contribution >= 0.6 is 28.5 Å². The molecule has 5 heteroatoms. The highest BCUT2D eigenvalue weighted by Gasteiger charge is 2.58. The molecule has 1 aromatic rings. The van der Waals surface area contributed by atoms with Crippen molar-refractivity contribution >= 4 is 34.3 Å². The van der Waals surface area contributed by atoms with Crippen LogP contribution in [0.2, 0.25) is 0 Å². The van der Waals surface area contributed by atoms with Crippen LogP contribution in [0.4, 0.5) is 0 Å². The molecule has 1 aromatic carbocycles. The molecule has 0 aromatic heterocycles. The average molecular weight is 484 g/mol. The van der Waals surface area contributed by atoms with Gasteiger partial charge in [0.05, 0.1) is 6.10 Å². The van der Waals surface area contributed by atoms with E-state index in [0.717, 1.165) is 42.6 Å². The molecule has 2 fully saturated rings. The molecule has 0 saturated heterocycles. The summed E-state index contributed by atoms with van der Waals surface area (Å²) in [5, 5.41) is 10.6. The maximum atomic E-state index is 13.5. The van der Waals surface area contributed by atoms with Gasteiger partial charge in [0.1, 0.15) is 12.2 Å². The van der Waals surface area contributed by atoms with Crippen LogP contribution in [0.3, 0.4) is 0 Å². The molecule has 26 heavy (non-hydrogen) atoms. The van der Waals surface area contributed by atoms with Gasteiger partial charge in [-0.05, 0) is 95.5 Å². The standard InChI is InChI=1S/C21H26IO3P/c1-11(2)18-19-14(8-9-21(3)16(19)6-7-17(21)23)13-5-4-12(25-26-22)10-15(13)20(18)24/h4-5,10,14,16-19,23,26H,1,6-9H2,2-3H3. The molecule has 7 unspecified atom stereocenters. The highest BCUT2D eigenvalue weighted by atomic mass is 127. The Morgan fingerprint density at radius 2 is 2.15 bits per heavy atom. The van der Waals surface area contributed by atoms with Gasteiger partial charge in [0, 0.05) is 11.5 Å². The van der Waals surface area contributed by atoms with Gasteiger partial charge in [-0.15, -0.1) is 0 Å². The van der Waals surface area contributed by atoms with Crippen molar-refractivity contribution in [3.63, 3.8) is 0 Å². The minimum Gasteiger partial charge on any atom is -0.467 e. The molecule has 0 bridgehead atoms. The number of hydrogen-bond donors (Lipinski definition) is 1. The highest BCUT2D eigenvalue weighted by molar-refractivity contribution is 14.2. The van der Waals surface area contributed by atoms with E-state index >= 15 is 0 Å². The molecule has 3 aliphatic carbocycles. The SMILES string of the molecule is C=C(C)C1C(=O)c2cc(OPI)ccc2C2CCC3(C)C(O)CCC3C12. The number of hydrogen-bond acceptors (Lipinski definition) is 3. The quantitative estimate of drug-likeness (QED) is 0.342. The minimum absolute atomic E-state index is 0.0575. The Morgan fingerprint density at radius 1 is 1.38 bits per heavy atom. The molecule has 4 rings (SSSR count). The first-order chi connectivity index (χ1) is 12.4. The van der Waals surface area contributed by atoms with Crippen molar-refractivity contribution in [3.05, 3.63) is 41.5 Å². The third kappa shape index (κ3) is 2.70. The molecule has 1 N–H and O–H groups in total. The first-order valence-electron chi connectivity index (χ1n) is 9.42. The number of Topliss-reactive ketones (excluding diaryl/α,β-unsaturated/α-hetero) is 1. The van der Waals surface area contributed by atoms with E-state index in [9.17, 15) is 9.90 Å². The Hall–Kier alpha value is -0.450. The second-order valence-electron chi connectivity index (χ2n) is 8.54. The van der Waals surface area contributed by atoms with Gasteiger partial charge in [0.2, 0.25) is 0 Å². The van der Waals surface area contributed by atoms with Gasteiger partial charge >= 0.3 is 0 Å². The van der Waals surface area contributed by atoms with E-state index in [4.69, 9.17) is 4.52 Å². The van der Waals surface area contributed by atoms with Crippen molar-refractivity contribution in [3.8, 4) is 5.75 Å². The number of aliphatic hydroxyl groups excluding tert-OH is 1. The lowest BCUT2D eigenvalue weighted by atomic mass is 9.51. The fraction of sp³-hybridized carbons (Fsp3) is 0.571. The van der Waals surface area contributed by atoms with Crippen LogP contribution in [0, 0.1) is 23.2 Å². The van der Waals surface area contributed by atoms with Gasteiger partial charge in [-0.1, -0.05) is 25.1 Å². The maximum Gasteiger partial charge on any atom is 0.170 e. The fourth-order valence-corrected chi connectivity index (χ4v) is 7.05. The third-order valence-electron chi connectivity index (χ3n) is 7.33. The molecule has 2 saturated carbocycles. The molecule has 3 nitrogen and oxygen atoms in total. The van der Waals surface area contributed by atoms with E-state index < -0.39 is 0 Å². The zero-order valence-electron chi connectivity index (χ0n) is 15.3. The summed E-state index contributed by atoms with van der Waals surface area (Å²) in [6, 6.07) is 6.06. The molecule has 7 atom stereocenters. The highest BCUT2D eigenvalue weighted by Crippen LogP contribution is 2.63. The maximum absolute atomic E-state index is 13.5. The second kappa shape index (κ2) is 6.86. The zero-order chi connectivity index (χ0) is 18.6. The Bertz CT molecular complexity index is 764. The smallest absolute Gasteiger partial charge is 0.170 e. The Kier molecular flexibility index (Phi) is 4.98. The van der Waals surface area contributed by atoms with Crippen LogP contribution in [0.25, 0.3) is 0 Å². The Morgan fingerprint density at radius 3 is 2.85 bits per heavy atom. The molecule has 0 spiro atoms. The number of halogens is 1. The van der Waals surface area contributed by atoms with E-state index in [2.05, 4.69) is 41.6 Å². The normalized spacial score (nSPS) is 38.8. The van der Waals surface area contributed by atoms with E-state index in [1.807, 2.05) is 19.1 Å². The predicted octanol–water partition coefficient (Wildman–Crippen LogP) is 5.67. The van der Waals surface area contributed by atoms with Crippen molar-refractivity contribution in [2.45, 2.75) is 51.6 Å². The molecule has 0 amide bonds. The number of fused-ring (bicyclic) bond motifs is 5. The number of rotatable bonds is 3. The van der Waals surface area contributed by atoms with Crippen molar-refractivity contribution in [2.75, 3.05) is 0 Å². The number of ketones is 1. The van der Waals surface area contributed by atoms with Crippen LogP contribution in [0.15, 0.2) is 30.4 Å². The summed E-state index contributed by atoms with van der Waals surface area (Å²) in [7, 11) is 0. The van der Waals surface area contributed by atoms with Crippen molar-refractivity contribution in [1.29, 1.82) is 0 Å². The molecule has 0 radical (unpaired) electrons. The number of carbonyl (C=O) groups excluding carboxylic acids is 1. The van der Waals surface area contributed by atoms with Crippen molar-refractivity contribution in [2.24, 2.45) is 23.2 Å². The predicted molar refractivity (Wildman–Crippen MR) is 114 cm³/mol. The van der Waals surface area contributed by atoms with Crippen LogP contribution in [-0.4, -0.2) is 17.0 Å². The summed E-state index contributed by atoms with van der Waals surface area (Å²) < 4.78 is 5.66. The number of allylic oxidation sites excluding steroid dienone is 1. The number of benzene rings is 1. The van der Waals surface area contributed by atoms with Crippen LogP contribution in [-0.2, 0) is 0 Å². The summed E-state index contributed by atoms with van der Waals surface area (Å²) >= 11 is 2.20. The third-order valence-corrected chi connectivity index (χ3v) is 8.30.